The molecule has 0 aromatic carbocycles. The normalized spacial score (nSPS) is 21.6. The Labute approximate surface area is 121 Å². The SMILES string of the molecule is CCN1CCC(CNS(=O)(=O)c2ccc(Br)s2)C1. The topological polar surface area (TPSA) is 49.4 Å². The Morgan fingerprint density at radius 3 is 2.89 bits per heavy atom. The number of likely N-dealkylation sites (tertiary alicyclic amines) is 1. The molecule has 2 rings (SSSR count). The fourth-order valence-corrected chi connectivity index (χ4v) is 5.28. The molecule has 2 heterocycles. The average molecular weight is 353 g/mol. The molecule has 1 aromatic heterocycles. The zero-order chi connectivity index (χ0) is 13.2. The largest absolute Gasteiger partial charge is 0.303 e. The number of nitrogens with zero attached hydrogens (tertiary/aromatic N) is 1. The van der Waals surface area contributed by atoms with E-state index in [2.05, 4.69) is 32.5 Å². The average Bonchev–Trinajstić information content (AvgIpc) is 2.95. The first-order valence-corrected chi connectivity index (χ1v) is 9.08. The fraction of sp³-hybridized carbons (Fsp3) is 0.636. The summed E-state index contributed by atoms with van der Waals surface area (Å²) in [6.07, 6.45) is 1.07. The number of nitrogens with one attached hydrogen (secondary N) is 1. The van der Waals surface area contributed by atoms with E-state index in [9.17, 15) is 8.42 Å². The summed E-state index contributed by atoms with van der Waals surface area (Å²) in [6.45, 7) is 5.78. The number of halogens is 1. The summed E-state index contributed by atoms with van der Waals surface area (Å²) < 4.78 is 28.0. The second-order valence-corrected chi connectivity index (χ2v) is 8.92. The number of thiophene rings is 1. The third-order valence-corrected chi connectivity index (χ3v) is 6.73. The quantitative estimate of drug-likeness (QED) is 0.882. The summed E-state index contributed by atoms with van der Waals surface area (Å²) in [5.41, 5.74) is 0. The van der Waals surface area contributed by atoms with Gasteiger partial charge in [0.15, 0.2) is 0 Å². The summed E-state index contributed by atoms with van der Waals surface area (Å²) in [7, 11) is -3.33. The van der Waals surface area contributed by atoms with Crippen LogP contribution in [0.1, 0.15) is 13.3 Å². The van der Waals surface area contributed by atoms with Crippen molar-refractivity contribution in [3.05, 3.63) is 15.9 Å². The first-order chi connectivity index (χ1) is 8.51. The van der Waals surface area contributed by atoms with Gasteiger partial charge in [-0.2, -0.15) is 0 Å². The second-order valence-electron chi connectivity index (χ2n) is 4.46. The molecule has 1 aromatic rings. The molecule has 1 unspecified atom stereocenters. The summed E-state index contributed by atoms with van der Waals surface area (Å²) in [5, 5.41) is 0. The van der Waals surface area contributed by atoms with Crippen LogP contribution in [0.25, 0.3) is 0 Å². The molecule has 0 saturated carbocycles. The van der Waals surface area contributed by atoms with Crippen molar-refractivity contribution in [3.63, 3.8) is 0 Å². The van der Waals surface area contributed by atoms with Gasteiger partial charge in [-0.15, -0.1) is 11.3 Å². The highest BCUT2D eigenvalue weighted by Crippen LogP contribution is 2.26. The van der Waals surface area contributed by atoms with E-state index in [0.717, 1.165) is 29.8 Å². The van der Waals surface area contributed by atoms with Gasteiger partial charge >= 0.3 is 0 Å². The van der Waals surface area contributed by atoms with Crippen LogP contribution in [-0.4, -0.2) is 39.5 Å². The number of sulfonamides is 1. The van der Waals surface area contributed by atoms with Crippen molar-refractivity contribution in [1.29, 1.82) is 0 Å². The third-order valence-electron chi connectivity index (χ3n) is 3.19. The molecule has 1 atom stereocenters. The van der Waals surface area contributed by atoms with Crippen LogP contribution in [0.2, 0.25) is 0 Å². The highest BCUT2D eigenvalue weighted by molar-refractivity contribution is 9.11. The van der Waals surface area contributed by atoms with Crippen LogP contribution in [0.4, 0.5) is 0 Å². The maximum absolute atomic E-state index is 12.0. The predicted octanol–water partition coefficient (Wildman–Crippen LogP) is 2.13. The minimum atomic E-state index is -3.33. The molecule has 1 aliphatic rings. The van der Waals surface area contributed by atoms with Gasteiger partial charge in [-0.25, -0.2) is 13.1 Å². The molecule has 0 bridgehead atoms. The second kappa shape index (κ2) is 6.00. The smallest absolute Gasteiger partial charge is 0.250 e. The van der Waals surface area contributed by atoms with E-state index in [-0.39, 0.29) is 0 Å². The Morgan fingerprint density at radius 2 is 2.33 bits per heavy atom. The van der Waals surface area contributed by atoms with Crippen LogP contribution in [0.15, 0.2) is 20.1 Å². The molecule has 102 valence electrons. The van der Waals surface area contributed by atoms with Gasteiger partial charge in [-0.05, 0) is 53.5 Å². The van der Waals surface area contributed by atoms with Crippen molar-refractivity contribution in [2.75, 3.05) is 26.2 Å². The van der Waals surface area contributed by atoms with Gasteiger partial charge < -0.3 is 4.90 Å². The van der Waals surface area contributed by atoms with Crippen LogP contribution in [0.3, 0.4) is 0 Å². The Morgan fingerprint density at radius 1 is 1.56 bits per heavy atom. The lowest BCUT2D eigenvalue weighted by molar-refractivity contribution is 0.342. The van der Waals surface area contributed by atoms with Gasteiger partial charge in [0.25, 0.3) is 0 Å². The molecule has 7 heteroatoms. The molecule has 0 amide bonds. The minimum absolute atomic E-state index is 0.375. The lowest BCUT2D eigenvalue weighted by atomic mass is 10.1. The molecule has 1 fully saturated rings. The molecule has 1 saturated heterocycles. The fourth-order valence-electron chi connectivity index (χ4n) is 2.11. The molecular weight excluding hydrogens is 336 g/mol. The molecule has 1 N–H and O–H groups in total. The van der Waals surface area contributed by atoms with Crippen molar-refractivity contribution in [2.24, 2.45) is 5.92 Å². The highest BCUT2D eigenvalue weighted by Gasteiger charge is 2.24. The molecule has 0 aliphatic carbocycles. The first kappa shape index (κ1) is 14.5. The summed E-state index contributed by atoms with van der Waals surface area (Å²) in [4.78, 5) is 2.35. The number of hydrogen-bond donors (Lipinski definition) is 1. The standard InChI is InChI=1S/C11H17BrN2O2S2/c1-2-14-6-5-9(8-14)7-13-18(15,16)11-4-3-10(12)17-11/h3-4,9,13H,2,5-8H2,1H3. The van der Waals surface area contributed by atoms with Crippen LogP contribution < -0.4 is 4.72 Å². The molecular formula is C11H17BrN2O2S2. The van der Waals surface area contributed by atoms with Gasteiger partial charge in [0.1, 0.15) is 4.21 Å². The highest BCUT2D eigenvalue weighted by atomic mass is 79.9. The minimum Gasteiger partial charge on any atom is -0.303 e. The van der Waals surface area contributed by atoms with Gasteiger partial charge in [0.2, 0.25) is 10.0 Å². The zero-order valence-corrected chi connectivity index (χ0v) is 13.4. The molecule has 18 heavy (non-hydrogen) atoms. The monoisotopic (exact) mass is 352 g/mol. The lowest BCUT2D eigenvalue weighted by Gasteiger charge is -2.13. The number of rotatable bonds is 5. The predicted molar refractivity (Wildman–Crippen MR) is 77.4 cm³/mol. The Kier molecular flexibility index (Phi) is 4.82. The Balaban J connectivity index is 1.90. The van der Waals surface area contributed by atoms with Crippen molar-refractivity contribution < 1.29 is 8.42 Å². The Bertz CT molecular complexity index is 501. The molecule has 0 spiro atoms. The van der Waals surface area contributed by atoms with E-state index >= 15 is 0 Å². The molecule has 4 nitrogen and oxygen atoms in total. The van der Waals surface area contributed by atoms with E-state index in [1.807, 2.05) is 0 Å². The maximum Gasteiger partial charge on any atom is 0.250 e. The van der Waals surface area contributed by atoms with E-state index in [1.54, 1.807) is 12.1 Å². The lowest BCUT2D eigenvalue weighted by Crippen LogP contribution is -2.30. The van der Waals surface area contributed by atoms with Crippen LogP contribution >= 0.6 is 27.3 Å². The summed E-state index contributed by atoms with van der Waals surface area (Å²) in [6, 6.07) is 3.39. The zero-order valence-electron chi connectivity index (χ0n) is 10.2. The first-order valence-electron chi connectivity index (χ1n) is 5.98. The van der Waals surface area contributed by atoms with E-state index in [4.69, 9.17) is 0 Å². The maximum atomic E-state index is 12.0. The molecule has 1 aliphatic heterocycles. The van der Waals surface area contributed by atoms with Crippen LogP contribution in [0.5, 0.6) is 0 Å². The van der Waals surface area contributed by atoms with E-state index < -0.39 is 10.0 Å². The van der Waals surface area contributed by atoms with Crippen LogP contribution in [-0.2, 0) is 10.0 Å². The number of hydrogen-bond acceptors (Lipinski definition) is 4. The van der Waals surface area contributed by atoms with Crippen molar-refractivity contribution in [1.82, 2.24) is 9.62 Å². The van der Waals surface area contributed by atoms with Gasteiger partial charge in [-0.3, -0.25) is 0 Å². The van der Waals surface area contributed by atoms with E-state index in [0.29, 0.717) is 16.7 Å². The van der Waals surface area contributed by atoms with Crippen molar-refractivity contribution in [2.45, 2.75) is 17.6 Å². The van der Waals surface area contributed by atoms with E-state index in [1.165, 1.54) is 11.3 Å². The van der Waals surface area contributed by atoms with Gasteiger partial charge in [0.05, 0.1) is 3.79 Å². The van der Waals surface area contributed by atoms with Crippen LogP contribution in [0, 0.1) is 5.92 Å². The van der Waals surface area contributed by atoms with Crippen molar-refractivity contribution >= 4 is 37.3 Å². The third kappa shape index (κ3) is 3.54. The summed E-state index contributed by atoms with van der Waals surface area (Å²) in [5.74, 6) is 0.433. The molecule has 0 radical (unpaired) electrons. The Hall–Kier alpha value is 0.0500. The van der Waals surface area contributed by atoms with Crippen molar-refractivity contribution in [3.8, 4) is 0 Å². The summed E-state index contributed by atoms with van der Waals surface area (Å²) >= 11 is 4.52. The van der Waals surface area contributed by atoms with Gasteiger partial charge in [-0.1, -0.05) is 6.92 Å². The van der Waals surface area contributed by atoms with Gasteiger partial charge in [0, 0.05) is 13.1 Å².